The van der Waals surface area contributed by atoms with E-state index in [4.69, 9.17) is 39.5 Å². The number of esters is 1. The van der Waals surface area contributed by atoms with Gasteiger partial charge in [-0.1, -0.05) is 40.9 Å². The number of methoxy groups -OCH3 is 1. The number of aryl methyl sites for hydroxylation is 1. The van der Waals surface area contributed by atoms with Crippen molar-refractivity contribution in [3.8, 4) is 5.75 Å². The molecule has 0 aliphatic rings. The van der Waals surface area contributed by atoms with Crippen LogP contribution in [0.3, 0.4) is 0 Å². The van der Waals surface area contributed by atoms with Crippen LogP contribution in [0.5, 0.6) is 5.75 Å². The van der Waals surface area contributed by atoms with Crippen molar-refractivity contribution in [1.82, 2.24) is 0 Å². The van der Waals surface area contributed by atoms with Crippen molar-refractivity contribution < 1.29 is 14.3 Å². The van der Waals surface area contributed by atoms with E-state index in [9.17, 15) is 4.79 Å². The van der Waals surface area contributed by atoms with Crippen LogP contribution >= 0.6 is 50.7 Å². The molecule has 0 radical (unpaired) electrons. The van der Waals surface area contributed by atoms with Gasteiger partial charge in [-0.2, -0.15) is 0 Å². The van der Waals surface area contributed by atoms with Crippen molar-refractivity contribution in [3.05, 3.63) is 61.0 Å². The highest BCUT2D eigenvalue weighted by Gasteiger charge is 2.12. The number of carbonyl (C=O) groups is 1. The monoisotopic (exact) mass is 450 g/mol. The van der Waals surface area contributed by atoms with E-state index in [1.54, 1.807) is 24.3 Å². The number of benzene rings is 2. The summed E-state index contributed by atoms with van der Waals surface area (Å²) in [5.74, 6) is 0.254. The molecule has 0 aliphatic heterocycles. The van der Waals surface area contributed by atoms with Gasteiger partial charge in [0.05, 0.1) is 16.6 Å². The van der Waals surface area contributed by atoms with Gasteiger partial charge in [0.2, 0.25) is 0 Å². The predicted molar refractivity (Wildman–Crippen MR) is 100 cm³/mol. The highest BCUT2D eigenvalue weighted by atomic mass is 79.9. The van der Waals surface area contributed by atoms with Gasteiger partial charge in [0.25, 0.3) is 0 Å². The van der Waals surface area contributed by atoms with Crippen molar-refractivity contribution in [3.63, 3.8) is 0 Å². The quantitative estimate of drug-likeness (QED) is 0.497. The summed E-state index contributed by atoms with van der Waals surface area (Å²) in [5.41, 5.74) is 1.72. The Morgan fingerprint density at radius 2 is 1.88 bits per heavy atom. The van der Waals surface area contributed by atoms with Crippen LogP contribution in [-0.2, 0) is 22.6 Å². The smallest absolute Gasteiger partial charge is 0.305 e. The third kappa shape index (κ3) is 5.28. The number of halogens is 4. The van der Waals surface area contributed by atoms with E-state index >= 15 is 0 Å². The summed E-state index contributed by atoms with van der Waals surface area (Å²) in [6, 6.07) is 8.85. The van der Waals surface area contributed by atoms with Gasteiger partial charge in [-0.15, -0.1) is 0 Å². The summed E-state index contributed by atoms with van der Waals surface area (Å²) >= 11 is 21.7. The van der Waals surface area contributed by atoms with E-state index in [1.165, 1.54) is 7.11 Å². The van der Waals surface area contributed by atoms with E-state index in [-0.39, 0.29) is 12.6 Å². The van der Waals surface area contributed by atoms with Crippen LogP contribution in [-0.4, -0.2) is 13.1 Å². The summed E-state index contributed by atoms with van der Waals surface area (Å²) in [5, 5.41) is 1.55. The number of hydrogen-bond acceptors (Lipinski definition) is 3. The first kappa shape index (κ1) is 19.4. The molecule has 0 saturated carbocycles. The molecule has 0 saturated heterocycles. The molecular formula is C17H14BrCl3O3. The zero-order valence-corrected chi connectivity index (χ0v) is 16.6. The average Bonchev–Trinajstić information content (AvgIpc) is 2.53. The molecule has 0 unspecified atom stereocenters. The Balaban J connectivity index is 2.09. The van der Waals surface area contributed by atoms with Crippen LogP contribution < -0.4 is 4.74 Å². The van der Waals surface area contributed by atoms with E-state index in [0.717, 1.165) is 11.1 Å². The van der Waals surface area contributed by atoms with Gasteiger partial charge in [-0.25, -0.2) is 0 Å². The van der Waals surface area contributed by atoms with Gasteiger partial charge < -0.3 is 9.47 Å². The van der Waals surface area contributed by atoms with Crippen molar-refractivity contribution in [2.24, 2.45) is 0 Å². The Morgan fingerprint density at radius 1 is 1.12 bits per heavy atom. The van der Waals surface area contributed by atoms with E-state index in [1.807, 2.05) is 6.07 Å². The molecule has 2 rings (SSSR count). The van der Waals surface area contributed by atoms with E-state index in [2.05, 4.69) is 20.7 Å². The summed E-state index contributed by atoms with van der Waals surface area (Å²) in [4.78, 5) is 11.2. The Morgan fingerprint density at radius 3 is 2.50 bits per heavy atom. The second-order valence-electron chi connectivity index (χ2n) is 4.99. The maximum atomic E-state index is 11.2. The fourth-order valence-corrected chi connectivity index (χ4v) is 3.53. The number of hydrogen-bond donors (Lipinski definition) is 0. The molecule has 24 heavy (non-hydrogen) atoms. The topological polar surface area (TPSA) is 35.5 Å². The number of rotatable bonds is 6. The normalized spacial score (nSPS) is 10.5. The second kappa shape index (κ2) is 8.95. The average molecular weight is 453 g/mol. The highest BCUT2D eigenvalue weighted by Crippen LogP contribution is 2.36. The molecular weight excluding hydrogens is 438 g/mol. The summed E-state index contributed by atoms with van der Waals surface area (Å²) < 4.78 is 11.1. The van der Waals surface area contributed by atoms with E-state index in [0.29, 0.717) is 38.1 Å². The maximum absolute atomic E-state index is 11.2. The lowest BCUT2D eigenvalue weighted by Gasteiger charge is -2.13. The van der Waals surface area contributed by atoms with E-state index < -0.39 is 0 Å². The van der Waals surface area contributed by atoms with Gasteiger partial charge in [0.15, 0.2) is 5.75 Å². The standard InChI is InChI=1S/C17H14BrCl3O3/c1-23-16(22)5-2-10-6-13(18)17(15(21)7-10)24-9-11-3-4-12(19)8-14(11)20/h3-4,6-8H,2,5,9H2,1H3. The molecule has 0 bridgehead atoms. The first-order chi connectivity index (χ1) is 11.4. The van der Waals surface area contributed by atoms with Crippen LogP contribution in [0.1, 0.15) is 17.5 Å². The molecule has 0 fully saturated rings. The SMILES string of the molecule is COC(=O)CCc1cc(Cl)c(OCc2ccc(Cl)cc2Cl)c(Br)c1. The van der Waals surface area contributed by atoms with Crippen molar-refractivity contribution in [1.29, 1.82) is 0 Å². The van der Waals surface area contributed by atoms with Gasteiger partial charge >= 0.3 is 5.97 Å². The third-order valence-corrected chi connectivity index (χ3v) is 4.75. The number of carbonyl (C=O) groups excluding carboxylic acids is 1. The lowest BCUT2D eigenvalue weighted by molar-refractivity contribution is -0.140. The summed E-state index contributed by atoms with van der Waals surface area (Å²) in [6.07, 6.45) is 0.828. The van der Waals surface area contributed by atoms with Crippen LogP contribution in [0, 0.1) is 0 Å². The zero-order valence-electron chi connectivity index (χ0n) is 12.7. The zero-order chi connectivity index (χ0) is 17.7. The fourth-order valence-electron chi connectivity index (χ4n) is 2.03. The molecule has 7 heteroatoms. The predicted octanol–water partition coefficient (Wildman–Crippen LogP) is 6.09. The molecule has 0 aliphatic carbocycles. The maximum Gasteiger partial charge on any atom is 0.305 e. The minimum absolute atomic E-state index is 0.260. The van der Waals surface area contributed by atoms with Gasteiger partial charge in [0, 0.05) is 22.0 Å². The Kier molecular flexibility index (Phi) is 7.23. The molecule has 0 amide bonds. The summed E-state index contributed by atoms with van der Waals surface area (Å²) in [7, 11) is 1.37. The molecule has 0 N–H and O–H groups in total. The first-order valence-electron chi connectivity index (χ1n) is 7.02. The van der Waals surface area contributed by atoms with Crippen LogP contribution in [0.15, 0.2) is 34.8 Å². The molecule has 2 aromatic rings. The lowest BCUT2D eigenvalue weighted by atomic mass is 10.1. The van der Waals surface area contributed by atoms with Gasteiger partial charge in [-0.3, -0.25) is 4.79 Å². The molecule has 128 valence electrons. The van der Waals surface area contributed by atoms with Crippen molar-refractivity contribution >= 4 is 56.7 Å². The first-order valence-corrected chi connectivity index (χ1v) is 8.95. The molecule has 0 atom stereocenters. The van der Waals surface area contributed by atoms with Crippen LogP contribution in [0.4, 0.5) is 0 Å². The Bertz CT molecular complexity index is 727. The highest BCUT2D eigenvalue weighted by molar-refractivity contribution is 9.10. The van der Waals surface area contributed by atoms with Crippen LogP contribution in [0.2, 0.25) is 15.1 Å². The molecule has 0 aromatic heterocycles. The van der Waals surface area contributed by atoms with Crippen molar-refractivity contribution in [2.45, 2.75) is 19.4 Å². The van der Waals surface area contributed by atoms with Crippen molar-refractivity contribution in [2.75, 3.05) is 7.11 Å². The minimum atomic E-state index is -0.264. The minimum Gasteiger partial charge on any atom is -0.486 e. The third-order valence-electron chi connectivity index (χ3n) is 3.29. The van der Waals surface area contributed by atoms with Gasteiger partial charge in [-0.05, 0) is 52.2 Å². The Labute approximate surface area is 163 Å². The van der Waals surface area contributed by atoms with Gasteiger partial charge in [0.1, 0.15) is 6.61 Å². The largest absolute Gasteiger partial charge is 0.486 e. The Hall–Kier alpha value is -0.940. The molecule has 0 spiro atoms. The lowest BCUT2D eigenvalue weighted by Crippen LogP contribution is -2.02. The molecule has 3 nitrogen and oxygen atoms in total. The van der Waals surface area contributed by atoms with Crippen LogP contribution in [0.25, 0.3) is 0 Å². The fraction of sp³-hybridized carbons (Fsp3) is 0.235. The summed E-state index contributed by atoms with van der Waals surface area (Å²) in [6.45, 7) is 0.260. The molecule has 2 aromatic carbocycles. The second-order valence-corrected chi connectivity index (χ2v) is 7.09. The molecule has 0 heterocycles. The number of ether oxygens (including phenoxy) is 2.